The Labute approximate surface area is 122 Å². The predicted octanol–water partition coefficient (Wildman–Crippen LogP) is 3.76. The van der Waals surface area contributed by atoms with Crippen molar-refractivity contribution in [1.82, 2.24) is 0 Å². The van der Waals surface area contributed by atoms with E-state index in [9.17, 15) is 9.90 Å². The number of nitrogens with one attached hydrogen (secondary N) is 1. The maximum atomic E-state index is 11.5. The van der Waals surface area contributed by atoms with Gasteiger partial charge in [0.2, 0.25) is 0 Å². The van der Waals surface area contributed by atoms with Gasteiger partial charge in [-0.3, -0.25) is 0 Å². The average Bonchev–Trinajstić information content (AvgIpc) is 2.91. The first-order valence-electron chi connectivity index (χ1n) is 6.80. The quantitative estimate of drug-likeness (QED) is 0.903. The van der Waals surface area contributed by atoms with E-state index in [1.807, 2.05) is 5.38 Å². The number of rotatable bonds is 3. The Bertz CT molecular complexity index is 648. The van der Waals surface area contributed by atoms with Crippen LogP contribution in [0.2, 0.25) is 0 Å². The standard InChI is InChI=1S/C16H17NO2S/c1-17-15-14(16(18)19)13(9-20-15)12-7-6-10-4-2-3-5-11(10)8-12/h2-5,9,12,17H,6-8H2,1H3,(H,18,19). The van der Waals surface area contributed by atoms with Crippen LogP contribution in [0.3, 0.4) is 0 Å². The topological polar surface area (TPSA) is 49.3 Å². The number of carbonyl (C=O) groups is 1. The van der Waals surface area contributed by atoms with Gasteiger partial charge in [-0.05, 0) is 47.3 Å². The first-order valence-corrected chi connectivity index (χ1v) is 7.68. The van der Waals surface area contributed by atoms with Crippen molar-refractivity contribution >= 4 is 22.3 Å². The van der Waals surface area contributed by atoms with Crippen LogP contribution in [0.4, 0.5) is 5.00 Å². The Morgan fingerprint density at radius 3 is 2.80 bits per heavy atom. The maximum Gasteiger partial charge on any atom is 0.338 e. The largest absolute Gasteiger partial charge is 0.478 e. The molecule has 1 aromatic heterocycles. The second-order valence-electron chi connectivity index (χ2n) is 5.16. The van der Waals surface area contributed by atoms with Crippen LogP contribution in [0.5, 0.6) is 0 Å². The zero-order chi connectivity index (χ0) is 14.1. The van der Waals surface area contributed by atoms with Crippen LogP contribution in [0.1, 0.15) is 39.4 Å². The summed E-state index contributed by atoms with van der Waals surface area (Å²) in [5.74, 6) is -0.515. The number of anilines is 1. The summed E-state index contributed by atoms with van der Waals surface area (Å²) in [6.07, 6.45) is 3.00. The Balaban J connectivity index is 1.96. The van der Waals surface area contributed by atoms with Crippen molar-refractivity contribution < 1.29 is 9.90 Å². The summed E-state index contributed by atoms with van der Waals surface area (Å²) in [5, 5.41) is 15.2. The highest BCUT2D eigenvalue weighted by molar-refractivity contribution is 7.14. The number of thiophene rings is 1. The highest BCUT2D eigenvalue weighted by atomic mass is 32.1. The third-order valence-corrected chi connectivity index (χ3v) is 5.06. The Morgan fingerprint density at radius 2 is 2.10 bits per heavy atom. The van der Waals surface area contributed by atoms with Gasteiger partial charge < -0.3 is 10.4 Å². The number of hydrogen-bond acceptors (Lipinski definition) is 3. The van der Waals surface area contributed by atoms with Gasteiger partial charge in [-0.1, -0.05) is 24.3 Å². The van der Waals surface area contributed by atoms with Gasteiger partial charge >= 0.3 is 5.97 Å². The molecular weight excluding hydrogens is 270 g/mol. The maximum absolute atomic E-state index is 11.5. The van der Waals surface area contributed by atoms with E-state index in [1.54, 1.807) is 7.05 Å². The van der Waals surface area contributed by atoms with Crippen LogP contribution in [0, 0.1) is 0 Å². The molecule has 0 radical (unpaired) electrons. The molecule has 2 N–H and O–H groups in total. The van der Waals surface area contributed by atoms with Crippen LogP contribution < -0.4 is 5.32 Å². The number of fused-ring (bicyclic) bond motifs is 1. The molecule has 2 aromatic rings. The van der Waals surface area contributed by atoms with Crippen LogP contribution in [-0.2, 0) is 12.8 Å². The van der Waals surface area contributed by atoms with Crippen molar-refractivity contribution in [2.24, 2.45) is 0 Å². The third kappa shape index (κ3) is 2.20. The molecule has 0 amide bonds. The van der Waals surface area contributed by atoms with E-state index in [-0.39, 0.29) is 0 Å². The summed E-state index contributed by atoms with van der Waals surface area (Å²) in [7, 11) is 1.78. The lowest BCUT2D eigenvalue weighted by Crippen LogP contribution is -2.15. The Hall–Kier alpha value is -1.81. The molecule has 1 unspecified atom stereocenters. The van der Waals surface area contributed by atoms with Gasteiger partial charge in [0.25, 0.3) is 0 Å². The highest BCUT2D eigenvalue weighted by Crippen LogP contribution is 2.39. The van der Waals surface area contributed by atoms with Crippen LogP contribution in [-0.4, -0.2) is 18.1 Å². The number of carboxylic acid groups (broad SMARTS) is 1. The molecule has 3 nitrogen and oxygen atoms in total. The van der Waals surface area contributed by atoms with Crippen LogP contribution >= 0.6 is 11.3 Å². The minimum atomic E-state index is -0.829. The molecule has 0 saturated carbocycles. The van der Waals surface area contributed by atoms with E-state index < -0.39 is 5.97 Å². The molecule has 1 heterocycles. The fraction of sp³-hybridized carbons (Fsp3) is 0.312. The van der Waals surface area contributed by atoms with Gasteiger partial charge in [-0.25, -0.2) is 4.79 Å². The predicted molar refractivity (Wildman–Crippen MR) is 82.0 cm³/mol. The second kappa shape index (κ2) is 5.29. The fourth-order valence-electron chi connectivity index (χ4n) is 3.04. The first kappa shape index (κ1) is 13.2. The first-order chi connectivity index (χ1) is 9.70. The molecule has 4 heteroatoms. The zero-order valence-electron chi connectivity index (χ0n) is 11.3. The molecule has 0 bridgehead atoms. The van der Waals surface area contributed by atoms with Crippen molar-refractivity contribution in [2.75, 3.05) is 12.4 Å². The average molecular weight is 287 g/mol. The monoisotopic (exact) mass is 287 g/mol. The SMILES string of the molecule is CNc1scc(C2CCc3ccccc3C2)c1C(=O)O. The minimum absolute atomic E-state index is 0.314. The van der Waals surface area contributed by atoms with E-state index in [4.69, 9.17) is 0 Å². The molecule has 0 saturated heterocycles. The van der Waals surface area contributed by atoms with E-state index >= 15 is 0 Å². The third-order valence-electron chi connectivity index (χ3n) is 4.05. The molecule has 1 aliphatic rings. The molecule has 0 aliphatic heterocycles. The molecule has 0 fully saturated rings. The van der Waals surface area contributed by atoms with Crippen molar-refractivity contribution in [3.8, 4) is 0 Å². The lowest BCUT2D eigenvalue weighted by Gasteiger charge is -2.24. The van der Waals surface area contributed by atoms with Gasteiger partial charge in [0.15, 0.2) is 0 Å². The molecule has 20 heavy (non-hydrogen) atoms. The summed E-state index contributed by atoms with van der Waals surface area (Å²) in [6.45, 7) is 0. The summed E-state index contributed by atoms with van der Waals surface area (Å²) in [6, 6.07) is 8.47. The van der Waals surface area contributed by atoms with Crippen molar-refractivity contribution in [1.29, 1.82) is 0 Å². The van der Waals surface area contributed by atoms with Gasteiger partial charge in [-0.2, -0.15) is 0 Å². The Morgan fingerprint density at radius 1 is 1.35 bits per heavy atom. The molecule has 104 valence electrons. The van der Waals surface area contributed by atoms with Gasteiger partial charge in [0, 0.05) is 7.05 Å². The lowest BCUT2D eigenvalue weighted by atomic mass is 9.80. The van der Waals surface area contributed by atoms with Gasteiger partial charge in [-0.15, -0.1) is 11.3 Å². The summed E-state index contributed by atoms with van der Waals surface area (Å²) in [5.41, 5.74) is 4.21. The normalized spacial score (nSPS) is 17.6. The van der Waals surface area contributed by atoms with Crippen molar-refractivity contribution in [2.45, 2.75) is 25.2 Å². The lowest BCUT2D eigenvalue weighted by molar-refractivity contribution is 0.0696. The number of aryl methyl sites for hydroxylation is 1. The minimum Gasteiger partial charge on any atom is -0.478 e. The molecule has 1 atom stereocenters. The fourth-order valence-corrected chi connectivity index (χ4v) is 4.04. The highest BCUT2D eigenvalue weighted by Gasteiger charge is 2.27. The van der Waals surface area contributed by atoms with Crippen molar-refractivity contribution in [3.05, 3.63) is 51.9 Å². The molecule has 1 aromatic carbocycles. The second-order valence-corrected chi connectivity index (χ2v) is 6.04. The van der Waals surface area contributed by atoms with E-state index in [0.717, 1.165) is 29.8 Å². The summed E-state index contributed by atoms with van der Waals surface area (Å²) in [4.78, 5) is 11.5. The van der Waals surface area contributed by atoms with E-state index in [0.29, 0.717) is 11.5 Å². The molecule has 3 rings (SSSR count). The molecule has 0 spiro atoms. The summed E-state index contributed by atoms with van der Waals surface area (Å²) >= 11 is 1.49. The Kier molecular flexibility index (Phi) is 3.49. The van der Waals surface area contributed by atoms with E-state index in [1.165, 1.54) is 22.5 Å². The van der Waals surface area contributed by atoms with Crippen molar-refractivity contribution in [3.63, 3.8) is 0 Å². The number of carboxylic acids is 1. The molecule has 1 aliphatic carbocycles. The number of hydrogen-bond donors (Lipinski definition) is 2. The van der Waals surface area contributed by atoms with E-state index in [2.05, 4.69) is 29.6 Å². The van der Waals surface area contributed by atoms with Gasteiger partial charge in [0.05, 0.1) is 5.56 Å². The van der Waals surface area contributed by atoms with Gasteiger partial charge in [0.1, 0.15) is 5.00 Å². The zero-order valence-corrected chi connectivity index (χ0v) is 12.2. The number of aromatic carboxylic acids is 1. The van der Waals surface area contributed by atoms with Crippen LogP contribution in [0.25, 0.3) is 0 Å². The number of benzene rings is 1. The molecular formula is C16H17NO2S. The smallest absolute Gasteiger partial charge is 0.338 e. The van der Waals surface area contributed by atoms with Crippen LogP contribution in [0.15, 0.2) is 29.6 Å². The summed E-state index contributed by atoms with van der Waals surface area (Å²) < 4.78 is 0.